The molecule has 14 heavy (non-hydrogen) atoms. The molecular weight excluding hydrogens is 180 g/mol. The minimum absolute atomic E-state index is 0.104. The fourth-order valence-electron chi connectivity index (χ4n) is 1.59. The van der Waals surface area contributed by atoms with E-state index in [1.54, 1.807) is 0 Å². The van der Waals surface area contributed by atoms with Gasteiger partial charge in [0, 0.05) is 6.61 Å². The summed E-state index contributed by atoms with van der Waals surface area (Å²) in [7, 11) is 0. The highest BCUT2D eigenvalue weighted by molar-refractivity contribution is 5.69. The molecule has 82 valence electrons. The Balaban J connectivity index is 1.98. The molecule has 0 saturated carbocycles. The van der Waals surface area contributed by atoms with Crippen LogP contribution in [0.15, 0.2) is 0 Å². The lowest BCUT2D eigenvalue weighted by Crippen LogP contribution is -2.15. The van der Waals surface area contributed by atoms with Crippen LogP contribution in [0.5, 0.6) is 0 Å². The Labute approximate surface area is 85.8 Å². The van der Waals surface area contributed by atoms with Gasteiger partial charge in [-0.05, 0) is 19.3 Å². The van der Waals surface area contributed by atoms with Gasteiger partial charge in [-0.15, -0.1) is 0 Å². The zero-order valence-electron chi connectivity index (χ0n) is 8.96. The van der Waals surface area contributed by atoms with E-state index in [0.717, 1.165) is 38.7 Å². The quantitative estimate of drug-likeness (QED) is 0.487. The van der Waals surface area contributed by atoms with Crippen molar-refractivity contribution in [1.29, 1.82) is 0 Å². The molecule has 0 aromatic heterocycles. The molecule has 0 amide bonds. The molecule has 1 fully saturated rings. The van der Waals surface area contributed by atoms with Gasteiger partial charge in [0.25, 0.3) is 0 Å². The predicted molar refractivity (Wildman–Crippen MR) is 54.1 cm³/mol. The van der Waals surface area contributed by atoms with Crippen LogP contribution in [0, 0.1) is 0 Å². The van der Waals surface area contributed by atoms with Crippen molar-refractivity contribution >= 4 is 5.97 Å². The average Bonchev–Trinajstić information content (AvgIpc) is 2.65. The van der Waals surface area contributed by atoms with Gasteiger partial charge in [-0.1, -0.05) is 19.8 Å². The third kappa shape index (κ3) is 4.61. The molecule has 1 aliphatic heterocycles. The second-order valence-electron chi connectivity index (χ2n) is 3.77. The van der Waals surface area contributed by atoms with Gasteiger partial charge in [0.2, 0.25) is 0 Å². The van der Waals surface area contributed by atoms with Gasteiger partial charge < -0.3 is 9.47 Å². The van der Waals surface area contributed by atoms with Crippen LogP contribution >= 0.6 is 0 Å². The smallest absolute Gasteiger partial charge is 0.308 e. The van der Waals surface area contributed by atoms with Gasteiger partial charge in [-0.2, -0.15) is 0 Å². The Kier molecular flexibility index (Phi) is 5.60. The summed E-state index contributed by atoms with van der Waals surface area (Å²) < 4.78 is 10.4. The number of hydrogen-bond donors (Lipinski definition) is 0. The van der Waals surface area contributed by atoms with E-state index >= 15 is 0 Å². The lowest BCUT2D eigenvalue weighted by Gasteiger charge is -2.08. The highest BCUT2D eigenvalue weighted by Gasteiger charge is 2.19. The van der Waals surface area contributed by atoms with E-state index in [0.29, 0.717) is 13.0 Å². The number of hydrogen-bond acceptors (Lipinski definition) is 3. The van der Waals surface area contributed by atoms with Crippen LogP contribution in [0.3, 0.4) is 0 Å². The van der Waals surface area contributed by atoms with Crippen molar-refractivity contribution in [3.05, 3.63) is 0 Å². The largest absolute Gasteiger partial charge is 0.466 e. The summed E-state index contributed by atoms with van der Waals surface area (Å²) in [4.78, 5) is 11.3. The van der Waals surface area contributed by atoms with E-state index in [2.05, 4.69) is 6.92 Å². The number of rotatable bonds is 6. The lowest BCUT2D eigenvalue weighted by molar-refractivity contribution is -0.146. The topological polar surface area (TPSA) is 35.5 Å². The van der Waals surface area contributed by atoms with E-state index in [-0.39, 0.29) is 12.1 Å². The number of esters is 1. The number of carbonyl (C=O) groups excluding carboxylic acids is 1. The van der Waals surface area contributed by atoms with Gasteiger partial charge >= 0.3 is 5.97 Å². The number of unbranched alkanes of at least 4 members (excludes halogenated alkanes) is 2. The maximum Gasteiger partial charge on any atom is 0.308 e. The molecule has 1 unspecified atom stereocenters. The van der Waals surface area contributed by atoms with E-state index in [1.807, 2.05) is 0 Å². The molecule has 1 atom stereocenters. The van der Waals surface area contributed by atoms with Crippen LogP contribution in [0.1, 0.15) is 45.4 Å². The van der Waals surface area contributed by atoms with Crippen LogP contribution in [0.25, 0.3) is 0 Å². The third-order valence-corrected chi connectivity index (χ3v) is 2.43. The minimum Gasteiger partial charge on any atom is -0.466 e. The van der Waals surface area contributed by atoms with Gasteiger partial charge in [0.1, 0.15) is 0 Å². The fraction of sp³-hybridized carbons (Fsp3) is 0.909. The van der Waals surface area contributed by atoms with E-state index < -0.39 is 0 Å². The van der Waals surface area contributed by atoms with Crippen LogP contribution in [0.4, 0.5) is 0 Å². The van der Waals surface area contributed by atoms with Crippen molar-refractivity contribution in [3.8, 4) is 0 Å². The molecular formula is C11H20O3. The fourth-order valence-corrected chi connectivity index (χ4v) is 1.59. The normalized spacial score (nSPS) is 21.1. The van der Waals surface area contributed by atoms with Crippen molar-refractivity contribution < 1.29 is 14.3 Å². The van der Waals surface area contributed by atoms with Gasteiger partial charge in [0.15, 0.2) is 0 Å². The third-order valence-electron chi connectivity index (χ3n) is 2.43. The summed E-state index contributed by atoms with van der Waals surface area (Å²) >= 11 is 0. The molecule has 0 bridgehead atoms. The van der Waals surface area contributed by atoms with Crippen LogP contribution < -0.4 is 0 Å². The first-order valence-corrected chi connectivity index (χ1v) is 5.60. The van der Waals surface area contributed by atoms with Gasteiger partial charge in [-0.3, -0.25) is 4.79 Å². The van der Waals surface area contributed by atoms with Crippen LogP contribution in [0.2, 0.25) is 0 Å². The highest BCUT2D eigenvalue weighted by Crippen LogP contribution is 2.15. The molecule has 1 aliphatic rings. The van der Waals surface area contributed by atoms with Crippen molar-refractivity contribution in [2.75, 3.05) is 13.2 Å². The van der Waals surface area contributed by atoms with Gasteiger partial charge in [-0.25, -0.2) is 0 Å². The zero-order valence-corrected chi connectivity index (χ0v) is 8.96. The summed E-state index contributed by atoms with van der Waals surface area (Å²) in [6.45, 7) is 3.50. The van der Waals surface area contributed by atoms with E-state index in [4.69, 9.17) is 9.47 Å². The van der Waals surface area contributed by atoms with Crippen molar-refractivity contribution in [3.63, 3.8) is 0 Å². The van der Waals surface area contributed by atoms with Crippen molar-refractivity contribution in [2.45, 2.75) is 51.6 Å². The molecule has 3 heteroatoms. The zero-order chi connectivity index (χ0) is 10.2. The van der Waals surface area contributed by atoms with Crippen LogP contribution in [-0.4, -0.2) is 25.3 Å². The monoisotopic (exact) mass is 200 g/mol. The summed E-state index contributed by atoms with van der Waals surface area (Å²) in [6, 6.07) is 0. The maximum atomic E-state index is 11.3. The van der Waals surface area contributed by atoms with E-state index in [1.165, 1.54) is 0 Å². The summed E-state index contributed by atoms with van der Waals surface area (Å²) in [6.07, 6.45) is 5.91. The molecule has 0 spiro atoms. The molecule has 0 N–H and O–H groups in total. The first kappa shape index (κ1) is 11.5. The average molecular weight is 200 g/mol. The SMILES string of the molecule is CCCCCOC(=O)CC1CCCO1. The second-order valence-corrected chi connectivity index (χ2v) is 3.77. The molecule has 3 nitrogen and oxygen atoms in total. The Morgan fingerprint density at radius 1 is 1.50 bits per heavy atom. The van der Waals surface area contributed by atoms with Crippen molar-refractivity contribution in [2.24, 2.45) is 0 Å². The highest BCUT2D eigenvalue weighted by atomic mass is 16.5. The number of ether oxygens (including phenoxy) is 2. The molecule has 1 heterocycles. The maximum absolute atomic E-state index is 11.3. The van der Waals surface area contributed by atoms with Crippen molar-refractivity contribution in [1.82, 2.24) is 0 Å². The molecule has 0 aromatic carbocycles. The molecule has 1 rings (SSSR count). The summed E-state index contributed by atoms with van der Waals surface area (Å²) in [5.74, 6) is -0.104. The molecule has 1 saturated heterocycles. The first-order chi connectivity index (χ1) is 6.83. The molecule has 0 aromatic rings. The van der Waals surface area contributed by atoms with E-state index in [9.17, 15) is 4.79 Å². The van der Waals surface area contributed by atoms with Crippen LogP contribution in [-0.2, 0) is 14.3 Å². The standard InChI is InChI=1S/C11H20O3/c1-2-3-4-7-14-11(12)9-10-6-5-8-13-10/h10H,2-9H2,1H3. The molecule has 0 aliphatic carbocycles. The first-order valence-electron chi connectivity index (χ1n) is 5.60. The predicted octanol–water partition coefficient (Wildman–Crippen LogP) is 2.29. The Morgan fingerprint density at radius 2 is 2.36 bits per heavy atom. The minimum atomic E-state index is -0.104. The Hall–Kier alpha value is -0.570. The lowest BCUT2D eigenvalue weighted by atomic mass is 10.2. The summed E-state index contributed by atoms with van der Waals surface area (Å²) in [5.41, 5.74) is 0. The number of carbonyl (C=O) groups is 1. The summed E-state index contributed by atoms with van der Waals surface area (Å²) in [5, 5.41) is 0. The Bertz CT molecular complexity index is 162. The molecule has 0 radical (unpaired) electrons. The van der Waals surface area contributed by atoms with Gasteiger partial charge in [0.05, 0.1) is 19.1 Å². The second kappa shape index (κ2) is 6.82. The Morgan fingerprint density at radius 3 is 3.00 bits per heavy atom.